The number of unbranched alkanes of at least 4 members (excludes halogenated alkanes) is 1. The zero-order valence-corrected chi connectivity index (χ0v) is 16.2. The zero-order chi connectivity index (χ0) is 19.3. The summed E-state index contributed by atoms with van der Waals surface area (Å²) in [7, 11) is 0. The Hall–Kier alpha value is -2.24. The third kappa shape index (κ3) is 5.38. The van der Waals surface area contributed by atoms with Crippen LogP contribution in [0.3, 0.4) is 0 Å². The molecule has 0 saturated carbocycles. The summed E-state index contributed by atoms with van der Waals surface area (Å²) >= 11 is 0. The van der Waals surface area contributed by atoms with Gasteiger partial charge < -0.3 is 19.6 Å². The van der Waals surface area contributed by atoms with E-state index < -0.39 is 11.6 Å². The number of piperazine rings is 1. The van der Waals surface area contributed by atoms with Crippen molar-refractivity contribution in [3.8, 4) is 0 Å². The molecule has 6 heteroatoms. The third-order valence-corrected chi connectivity index (χ3v) is 4.48. The second-order valence-electron chi connectivity index (χ2n) is 7.77. The molecule has 1 aromatic rings. The molecular weight excluding hydrogens is 332 g/mol. The number of carboxylic acid groups (broad SMARTS) is 1. The minimum Gasteiger partial charge on any atom is -0.478 e. The van der Waals surface area contributed by atoms with E-state index in [-0.39, 0.29) is 17.7 Å². The number of hydrogen-bond donors (Lipinski definition) is 1. The highest BCUT2D eigenvalue weighted by atomic mass is 16.6. The second-order valence-corrected chi connectivity index (χ2v) is 7.77. The molecule has 0 aromatic heterocycles. The number of aromatic carboxylic acids is 1. The smallest absolute Gasteiger partial charge is 0.410 e. The summed E-state index contributed by atoms with van der Waals surface area (Å²) in [6.45, 7) is 9.82. The van der Waals surface area contributed by atoms with Gasteiger partial charge in [0.05, 0.1) is 11.6 Å². The van der Waals surface area contributed by atoms with Gasteiger partial charge in [-0.15, -0.1) is 0 Å². The molecule has 0 bridgehead atoms. The molecule has 0 radical (unpaired) electrons. The number of hydrogen-bond acceptors (Lipinski definition) is 4. The number of rotatable bonds is 5. The number of amides is 1. The molecule has 144 valence electrons. The highest BCUT2D eigenvalue weighted by molar-refractivity contribution is 5.88. The summed E-state index contributed by atoms with van der Waals surface area (Å²) < 4.78 is 5.57. The van der Waals surface area contributed by atoms with Crippen LogP contribution in [0, 0.1) is 0 Å². The SMILES string of the molecule is CCCC[C@H]1CN(c2ccc(C(=O)O)cc2)CCN1C(=O)OC(C)(C)C. The zero-order valence-electron chi connectivity index (χ0n) is 16.2. The van der Waals surface area contributed by atoms with Crippen molar-refractivity contribution < 1.29 is 19.4 Å². The van der Waals surface area contributed by atoms with Crippen LogP contribution in [0.2, 0.25) is 0 Å². The summed E-state index contributed by atoms with van der Waals surface area (Å²) in [5, 5.41) is 9.04. The molecule has 1 aliphatic heterocycles. The number of ether oxygens (including phenoxy) is 1. The van der Waals surface area contributed by atoms with Crippen molar-refractivity contribution in [3.05, 3.63) is 29.8 Å². The maximum absolute atomic E-state index is 12.6. The van der Waals surface area contributed by atoms with Crippen LogP contribution in [0.4, 0.5) is 10.5 Å². The van der Waals surface area contributed by atoms with Crippen molar-refractivity contribution in [2.45, 2.75) is 58.6 Å². The van der Waals surface area contributed by atoms with Crippen LogP contribution in [0.15, 0.2) is 24.3 Å². The van der Waals surface area contributed by atoms with E-state index in [2.05, 4.69) is 11.8 Å². The van der Waals surface area contributed by atoms with Crippen molar-refractivity contribution in [3.63, 3.8) is 0 Å². The fourth-order valence-corrected chi connectivity index (χ4v) is 3.15. The van der Waals surface area contributed by atoms with Gasteiger partial charge in [0.15, 0.2) is 0 Å². The molecule has 1 amide bonds. The summed E-state index contributed by atoms with van der Waals surface area (Å²) in [6, 6.07) is 7.02. The Morgan fingerprint density at radius 3 is 2.38 bits per heavy atom. The van der Waals surface area contributed by atoms with E-state index in [1.807, 2.05) is 37.8 Å². The predicted molar refractivity (Wildman–Crippen MR) is 102 cm³/mol. The molecule has 1 fully saturated rings. The average molecular weight is 362 g/mol. The Morgan fingerprint density at radius 1 is 1.19 bits per heavy atom. The van der Waals surface area contributed by atoms with Gasteiger partial charge in [-0.3, -0.25) is 0 Å². The van der Waals surface area contributed by atoms with Crippen LogP contribution in [0.1, 0.15) is 57.3 Å². The van der Waals surface area contributed by atoms with Gasteiger partial charge in [0.1, 0.15) is 5.60 Å². The summed E-state index contributed by atoms with van der Waals surface area (Å²) in [5.41, 5.74) is 0.764. The van der Waals surface area contributed by atoms with Gasteiger partial charge in [0.25, 0.3) is 0 Å². The van der Waals surface area contributed by atoms with E-state index in [0.29, 0.717) is 13.1 Å². The van der Waals surface area contributed by atoms with Crippen molar-refractivity contribution in [2.75, 3.05) is 24.5 Å². The maximum atomic E-state index is 12.6. The van der Waals surface area contributed by atoms with Gasteiger partial charge in [-0.05, 0) is 51.5 Å². The molecule has 1 heterocycles. The summed E-state index contributed by atoms with van der Waals surface area (Å²) in [5.74, 6) is -0.924. The van der Waals surface area contributed by atoms with Gasteiger partial charge in [-0.1, -0.05) is 19.8 Å². The van der Waals surface area contributed by atoms with Gasteiger partial charge in [0.2, 0.25) is 0 Å². The van der Waals surface area contributed by atoms with Gasteiger partial charge >= 0.3 is 12.1 Å². The lowest BCUT2D eigenvalue weighted by Crippen LogP contribution is -2.56. The van der Waals surface area contributed by atoms with Crippen LogP contribution < -0.4 is 4.90 Å². The monoisotopic (exact) mass is 362 g/mol. The van der Waals surface area contributed by atoms with Gasteiger partial charge in [-0.25, -0.2) is 9.59 Å². The number of nitrogens with zero attached hydrogens (tertiary/aromatic N) is 2. The predicted octanol–water partition coefficient (Wildman–Crippen LogP) is 4.00. The van der Waals surface area contributed by atoms with Crippen molar-refractivity contribution in [1.29, 1.82) is 0 Å². The van der Waals surface area contributed by atoms with Gasteiger partial charge in [-0.2, -0.15) is 0 Å². The topological polar surface area (TPSA) is 70.1 Å². The first-order chi connectivity index (χ1) is 12.2. The normalized spacial score (nSPS) is 17.9. The Labute approximate surface area is 155 Å². The van der Waals surface area contributed by atoms with Gasteiger partial charge in [0, 0.05) is 25.3 Å². The van der Waals surface area contributed by atoms with Crippen LogP contribution in [0.25, 0.3) is 0 Å². The molecular formula is C20H30N2O4. The van der Waals surface area contributed by atoms with E-state index in [9.17, 15) is 9.59 Å². The second kappa shape index (κ2) is 8.43. The molecule has 1 aromatic carbocycles. The number of carbonyl (C=O) groups excluding carboxylic acids is 1. The lowest BCUT2D eigenvalue weighted by atomic mass is 10.0. The van der Waals surface area contributed by atoms with E-state index >= 15 is 0 Å². The molecule has 1 aliphatic rings. The molecule has 6 nitrogen and oxygen atoms in total. The molecule has 1 atom stereocenters. The van der Waals surface area contributed by atoms with Crippen molar-refractivity contribution >= 4 is 17.7 Å². The average Bonchev–Trinajstić information content (AvgIpc) is 2.58. The van der Waals surface area contributed by atoms with E-state index in [4.69, 9.17) is 9.84 Å². The first kappa shape index (κ1) is 20.1. The molecule has 2 rings (SSSR count). The molecule has 0 aliphatic carbocycles. The highest BCUT2D eigenvalue weighted by Crippen LogP contribution is 2.24. The lowest BCUT2D eigenvalue weighted by molar-refractivity contribution is 0.0129. The summed E-state index contributed by atoms with van der Waals surface area (Å²) in [6.07, 6.45) is 2.81. The molecule has 0 spiro atoms. The Kier molecular flexibility index (Phi) is 6.51. The first-order valence-electron chi connectivity index (χ1n) is 9.29. The minimum atomic E-state index is -0.924. The highest BCUT2D eigenvalue weighted by Gasteiger charge is 2.33. The Bertz CT molecular complexity index is 622. The number of carbonyl (C=O) groups is 2. The number of carboxylic acids is 1. The summed E-state index contributed by atoms with van der Waals surface area (Å²) in [4.78, 5) is 27.7. The minimum absolute atomic E-state index is 0.0951. The van der Waals surface area contributed by atoms with Crippen molar-refractivity contribution in [1.82, 2.24) is 4.90 Å². The molecule has 0 unspecified atom stereocenters. The van der Waals surface area contributed by atoms with Crippen LogP contribution in [0.5, 0.6) is 0 Å². The van der Waals surface area contributed by atoms with E-state index in [0.717, 1.165) is 31.5 Å². The standard InChI is InChI=1S/C20H30N2O4/c1-5-6-7-17-14-21(16-10-8-15(9-11-16)18(23)24)12-13-22(17)19(25)26-20(2,3)4/h8-11,17H,5-7,12-14H2,1-4H3,(H,23,24)/t17-/m0/s1. The maximum Gasteiger partial charge on any atom is 0.410 e. The van der Waals surface area contributed by atoms with Crippen LogP contribution in [-0.2, 0) is 4.74 Å². The Morgan fingerprint density at radius 2 is 1.85 bits per heavy atom. The van der Waals surface area contributed by atoms with E-state index in [1.54, 1.807) is 12.1 Å². The Balaban J connectivity index is 2.10. The largest absolute Gasteiger partial charge is 0.478 e. The molecule has 1 saturated heterocycles. The van der Waals surface area contributed by atoms with E-state index in [1.165, 1.54) is 0 Å². The third-order valence-electron chi connectivity index (χ3n) is 4.48. The number of anilines is 1. The molecule has 26 heavy (non-hydrogen) atoms. The van der Waals surface area contributed by atoms with Crippen LogP contribution >= 0.6 is 0 Å². The van der Waals surface area contributed by atoms with Crippen molar-refractivity contribution in [2.24, 2.45) is 0 Å². The quantitative estimate of drug-likeness (QED) is 0.857. The lowest BCUT2D eigenvalue weighted by Gasteiger charge is -2.42. The van der Waals surface area contributed by atoms with Crippen LogP contribution in [-0.4, -0.2) is 53.3 Å². The first-order valence-corrected chi connectivity index (χ1v) is 9.29. The fraction of sp³-hybridized carbons (Fsp3) is 0.600. The molecule has 1 N–H and O–H groups in total. The fourth-order valence-electron chi connectivity index (χ4n) is 3.15. The number of benzene rings is 1.